The van der Waals surface area contributed by atoms with Gasteiger partial charge in [-0.1, -0.05) is 71.9 Å². The van der Waals surface area contributed by atoms with Gasteiger partial charge in [-0.05, 0) is 25.2 Å². The van der Waals surface area contributed by atoms with Crippen LogP contribution in [0.2, 0.25) is 0 Å². The second kappa shape index (κ2) is 12.1. The van der Waals surface area contributed by atoms with E-state index in [0.29, 0.717) is 12.5 Å². The van der Waals surface area contributed by atoms with Gasteiger partial charge >= 0.3 is 0 Å². The van der Waals surface area contributed by atoms with Gasteiger partial charge in [-0.3, -0.25) is 0 Å². The Morgan fingerprint density at radius 2 is 1.96 bits per heavy atom. The van der Waals surface area contributed by atoms with Gasteiger partial charge in [-0.25, -0.2) is 0 Å². The predicted octanol–water partition coefficient (Wildman–Crippen LogP) is 5.55. The van der Waals surface area contributed by atoms with Crippen LogP contribution in [-0.4, -0.2) is 27.3 Å². The van der Waals surface area contributed by atoms with E-state index in [0.717, 1.165) is 44.2 Å². The average molecular weight is 365 g/mol. The standard InChI is InChI=1S/C21H40N4O/c1-7-11-12-14-21(13-8-2,15-19-16-22-25(6)23-19)20(10-4)24-26-17-18(5)9-3/h16,18H,7-15,17H2,1-6H3/b24-20+. The Balaban J connectivity index is 3.07. The molecule has 0 amide bonds. The zero-order valence-electron chi connectivity index (χ0n) is 17.9. The van der Waals surface area contributed by atoms with Crippen LogP contribution in [0.3, 0.4) is 0 Å². The summed E-state index contributed by atoms with van der Waals surface area (Å²) in [7, 11) is 1.88. The number of rotatable bonds is 14. The summed E-state index contributed by atoms with van der Waals surface area (Å²) in [6.07, 6.45) is 12.0. The quantitative estimate of drug-likeness (QED) is 0.247. The van der Waals surface area contributed by atoms with Crippen LogP contribution in [0, 0.1) is 11.3 Å². The number of nitrogens with zero attached hydrogens (tertiary/aromatic N) is 4. The van der Waals surface area contributed by atoms with Crippen molar-refractivity contribution in [2.75, 3.05) is 6.61 Å². The number of aromatic nitrogens is 3. The minimum Gasteiger partial charge on any atom is -0.396 e. The molecule has 1 aromatic heterocycles. The van der Waals surface area contributed by atoms with E-state index in [4.69, 9.17) is 4.84 Å². The third-order valence-corrected chi connectivity index (χ3v) is 5.33. The minimum absolute atomic E-state index is 0.0319. The molecule has 150 valence electrons. The highest BCUT2D eigenvalue weighted by Crippen LogP contribution is 2.37. The first-order valence-corrected chi connectivity index (χ1v) is 10.6. The first-order valence-electron chi connectivity index (χ1n) is 10.6. The summed E-state index contributed by atoms with van der Waals surface area (Å²) in [6, 6.07) is 0. The third kappa shape index (κ3) is 7.08. The first kappa shape index (κ1) is 22.7. The van der Waals surface area contributed by atoms with Gasteiger partial charge in [0.25, 0.3) is 0 Å². The molecule has 0 saturated carbocycles. The van der Waals surface area contributed by atoms with E-state index < -0.39 is 0 Å². The van der Waals surface area contributed by atoms with Crippen LogP contribution < -0.4 is 0 Å². The first-order chi connectivity index (χ1) is 12.5. The van der Waals surface area contributed by atoms with Crippen molar-refractivity contribution in [3.63, 3.8) is 0 Å². The van der Waals surface area contributed by atoms with Crippen molar-refractivity contribution in [1.29, 1.82) is 0 Å². The van der Waals surface area contributed by atoms with Crippen molar-refractivity contribution < 1.29 is 4.84 Å². The van der Waals surface area contributed by atoms with Gasteiger partial charge in [0.1, 0.15) is 6.61 Å². The minimum atomic E-state index is 0.0319. The van der Waals surface area contributed by atoms with E-state index in [-0.39, 0.29) is 5.41 Å². The molecular formula is C21H40N4O. The molecule has 26 heavy (non-hydrogen) atoms. The van der Waals surface area contributed by atoms with Crippen LogP contribution in [0.15, 0.2) is 11.4 Å². The molecule has 2 unspecified atom stereocenters. The fraction of sp³-hybridized carbons (Fsp3) is 0.857. The lowest BCUT2D eigenvalue weighted by atomic mass is 9.70. The number of unbranched alkanes of at least 4 members (excludes halogenated alkanes) is 2. The summed E-state index contributed by atoms with van der Waals surface area (Å²) < 4.78 is 0. The molecule has 0 radical (unpaired) electrons. The summed E-state index contributed by atoms with van der Waals surface area (Å²) in [5.41, 5.74) is 2.29. The molecular weight excluding hydrogens is 324 g/mol. The Hall–Kier alpha value is -1.39. The second-order valence-electron chi connectivity index (χ2n) is 7.69. The molecule has 0 N–H and O–H groups in total. The summed E-state index contributed by atoms with van der Waals surface area (Å²) in [4.78, 5) is 7.44. The predicted molar refractivity (Wildman–Crippen MR) is 109 cm³/mol. The van der Waals surface area contributed by atoms with Gasteiger partial charge in [0.15, 0.2) is 0 Å². The van der Waals surface area contributed by atoms with Crippen molar-refractivity contribution in [2.45, 2.75) is 92.4 Å². The van der Waals surface area contributed by atoms with Gasteiger partial charge < -0.3 is 4.84 Å². The van der Waals surface area contributed by atoms with E-state index >= 15 is 0 Å². The molecule has 0 saturated heterocycles. The summed E-state index contributed by atoms with van der Waals surface area (Å²) >= 11 is 0. The molecule has 1 aromatic rings. The Labute approximate surface area is 160 Å². The topological polar surface area (TPSA) is 52.3 Å². The fourth-order valence-electron chi connectivity index (χ4n) is 3.60. The van der Waals surface area contributed by atoms with Crippen LogP contribution >= 0.6 is 0 Å². The molecule has 5 heteroatoms. The monoisotopic (exact) mass is 364 g/mol. The van der Waals surface area contributed by atoms with Gasteiger partial charge in [0.2, 0.25) is 0 Å². The molecule has 0 aliphatic heterocycles. The Morgan fingerprint density at radius 3 is 2.50 bits per heavy atom. The van der Waals surface area contributed by atoms with Crippen LogP contribution in [-0.2, 0) is 18.3 Å². The Morgan fingerprint density at radius 1 is 1.19 bits per heavy atom. The normalized spacial score (nSPS) is 15.7. The van der Waals surface area contributed by atoms with Crippen LogP contribution in [0.1, 0.15) is 91.7 Å². The van der Waals surface area contributed by atoms with Crippen molar-refractivity contribution >= 4 is 5.71 Å². The third-order valence-electron chi connectivity index (χ3n) is 5.33. The molecule has 0 spiro atoms. The molecule has 0 aliphatic carbocycles. The lowest BCUT2D eigenvalue weighted by molar-refractivity contribution is 0.106. The zero-order valence-corrected chi connectivity index (χ0v) is 17.9. The lowest BCUT2D eigenvalue weighted by Gasteiger charge is -2.34. The van der Waals surface area contributed by atoms with Gasteiger partial charge in [-0.15, -0.1) is 0 Å². The van der Waals surface area contributed by atoms with Crippen LogP contribution in [0.25, 0.3) is 0 Å². The molecule has 0 bridgehead atoms. The van der Waals surface area contributed by atoms with E-state index in [9.17, 15) is 0 Å². The smallest absolute Gasteiger partial charge is 0.119 e. The maximum absolute atomic E-state index is 5.79. The summed E-state index contributed by atoms with van der Waals surface area (Å²) in [6.45, 7) is 11.8. The van der Waals surface area contributed by atoms with Crippen LogP contribution in [0.4, 0.5) is 0 Å². The Kier molecular flexibility index (Phi) is 10.5. The van der Waals surface area contributed by atoms with Gasteiger partial charge in [-0.2, -0.15) is 15.0 Å². The molecule has 2 atom stereocenters. The summed E-state index contributed by atoms with van der Waals surface area (Å²) in [5, 5.41) is 13.5. The van der Waals surface area contributed by atoms with E-state index in [1.807, 2.05) is 13.2 Å². The molecule has 0 aliphatic rings. The largest absolute Gasteiger partial charge is 0.396 e. The van der Waals surface area contributed by atoms with Crippen molar-refractivity contribution in [3.05, 3.63) is 11.9 Å². The zero-order chi connectivity index (χ0) is 19.4. The van der Waals surface area contributed by atoms with Crippen molar-refractivity contribution in [2.24, 2.45) is 23.5 Å². The molecule has 5 nitrogen and oxygen atoms in total. The second-order valence-corrected chi connectivity index (χ2v) is 7.69. The highest BCUT2D eigenvalue weighted by molar-refractivity contribution is 5.89. The molecule has 0 fully saturated rings. The van der Waals surface area contributed by atoms with Crippen LogP contribution in [0.5, 0.6) is 0 Å². The number of oxime groups is 1. The maximum atomic E-state index is 5.79. The SMILES string of the molecule is CCCCCC(CCC)(Cc1cnn(C)n1)/C(CC)=N/OCC(C)CC. The Bertz CT molecular complexity index is 526. The fourth-order valence-corrected chi connectivity index (χ4v) is 3.60. The van der Waals surface area contributed by atoms with Gasteiger partial charge in [0, 0.05) is 18.9 Å². The number of hydrogen-bond acceptors (Lipinski definition) is 4. The average Bonchev–Trinajstić information content (AvgIpc) is 3.03. The molecule has 0 aromatic carbocycles. The maximum Gasteiger partial charge on any atom is 0.119 e. The summed E-state index contributed by atoms with van der Waals surface area (Å²) in [5.74, 6) is 0.539. The molecule has 1 rings (SSSR count). The highest BCUT2D eigenvalue weighted by atomic mass is 16.6. The van der Waals surface area contributed by atoms with Crippen molar-refractivity contribution in [1.82, 2.24) is 15.0 Å². The highest BCUT2D eigenvalue weighted by Gasteiger charge is 2.35. The lowest BCUT2D eigenvalue weighted by Crippen LogP contribution is -2.34. The number of hydrogen-bond donors (Lipinski definition) is 0. The number of aryl methyl sites for hydroxylation is 1. The van der Waals surface area contributed by atoms with E-state index in [1.165, 1.54) is 25.0 Å². The van der Waals surface area contributed by atoms with Gasteiger partial charge in [0.05, 0.1) is 17.6 Å². The molecule has 1 heterocycles. The van der Waals surface area contributed by atoms with E-state index in [1.54, 1.807) is 4.80 Å². The van der Waals surface area contributed by atoms with Crippen molar-refractivity contribution in [3.8, 4) is 0 Å². The van der Waals surface area contributed by atoms with E-state index in [2.05, 4.69) is 50.0 Å².